The first-order valence-electron chi connectivity index (χ1n) is 7.49. The van der Waals surface area contributed by atoms with Crippen LogP contribution < -0.4 is 11.2 Å². The molecule has 0 aliphatic rings. The van der Waals surface area contributed by atoms with E-state index < -0.39 is 0 Å². The topological polar surface area (TPSA) is 85.8 Å². The van der Waals surface area contributed by atoms with E-state index in [0.29, 0.717) is 11.0 Å². The summed E-state index contributed by atoms with van der Waals surface area (Å²) >= 11 is 4.68. The standard InChI is InChI=1S/C17H16BrN5OS/c1-11-7-8-14(13(18)9-11)20-15(24)10-25-17-22-21-16(23(17)19)12-5-3-2-4-6-12/h2-9H,10,19H2,1H3,(H,20,24). The molecule has 0 unspecified atom stereocenters. The first-order chi connectivity index (χ1) is 12.0. The quantitative estimate of drug-likeness (QED) is 0.490. The van der Waals surface area contributed by atoms with Gasteiger partial charge in [-0.1, -0.05) is 48.2 Å². The van der Waals surface area contributed by atoms with Crippen molar-refractivity contribution in [3.63, 3.8) is 0 Å². The number of aryl methyl sites for hydroxylation is 1. The highest BCUT2D eigenvalue weighted by Gasteiger charge is 2.14. The van der Waals surface area contributed by atoms with Crippen LogP contribution in [0.15, 0.2) is 58.2 Å². The summed E-state index contributed by atoms with van der Waals surface area (Å²) < 4.78 is 2.24. The van der Waals surface area contributed by atoms with Gasteiger partial charge in [-0.2, -0.15) is 0 Å². The van der Waals surface area contributed by atoms with Gasteiger partial charge in [0.2, 0.25) is 11.1 Å². The van der Waals surface area contributed by atoms with E-state index in [9.17, 15) is 4.79 Å². The van der Waals surface area contributed by atoms with Gasteiger partial charge >= 0.3 is 0 Å². The molecule has 3 aromatic rings. The third-order valence-corrected chi connectivity index (χ3v) is 5.03. The van der Waals surface area contributed by atoms with Crippen LogP contribution in [0.25, 0.3) is 11.4 Å². The maximum absolute atomic E-state index is 12.2. The number of nitrogens with one attached hydrogen (secondary N) is 1. The summed E-state index contributed by atoms with van der Waals surface area (Å²) in [5.41, 5.74) is 2.72. The van der Waals surface area contributed by atoms with Gasteiger partial charge in [-0.25, -0.2) is 4.68 Å². The van der Waals surface area contributed by atoms with E-state index in [-0.39, 0.29) is 11.7 Å². The van der Waals surface area contributed by atoms with Gasteiger partial charge in [0.05, 0.1) is 11.4 Å². The number of carbonyl (C=O) groups is 1. The Hall–Kier alpha value is -2.32. The Labute approximate surface area is 157 Å². The lowest BCUT2D eigenvalue weighted by atomic mass is 10.2. The third kappa shape index (κ3) is 4.21. The number of nitrogens with two attached hydrogens (primary N) is 1. The van der Waals surface area contributed by atoms with E-state index in [1.165, 1.54) is 16.4 Å². The van der Waals surface area contributed by atoms with Crippen LogP contribution in [0, 0.1) is 6.92 Å². The zero-order chi connectivity index (χ0) is 17.8. The fraction of sp³-hybridized carbons (Fsp3) is 0.118. The monoisotopic (exact) mass is 417 g/mol. The summed E-state index contributed by atoms with van der Waals surface area (Å²) in [6, 6.07) is 15.3. The number of hydrogen-bond acceptors (Lipinski definition) is 5. The van der Waals surface area contributed by atoms with Crippen LogP contribution in [-0.2, 0) is 4.79 Å². The third-order valence-electron chi connectivity index (χ3n) is 3.43. The molecule has 0 saturated heterocycles. The fourth-order valence-electron chi connectivity index (χ4n) is 2.20. The first-order valence-corrected chi connectivity index (χ1v) is 9.27. The molecule has 0 fully saturated rings. The number of thioether (sulfide) groups is 1. The zero-order valence-electron chi connectivity index (χ0n) is 13.4. The SMILES string of the molecule is Cc1ccc(NC(=O)CSc2nnc(-c3ccccc3)n2N)c(Br)c1. The van der Waals surface area contributed by atoms with Crippen LogP contribution >= 0.6 is 27.7 Å². The fourth-order valence-corrected chi connectivity index (χ4v) is 3.45. The Morgan fingerprint density at radius 1 is 1.24 bits per heavy atom. The smallest absolute Gasteiger partial charge is 0.234 e. The van der Waals surface area contributed by atoms with Crippen molar-refractivity contribution < 1.29 is 4.79 Å². The van der Waals surface area contributed by atoms with E-state index in [1.54, 1.807) is 0 Å². The Morgan fingerprint density at radius 2 is 2.00 bits per heavy atom. The molecule has 0 saturated carbocycles. The van der Waals surface area contributed by atoms with Crippen LogP contribution in [0.2, 0.25) is 0 Å². The first kappa shape index (κ1) is 17.5. The van der Waals surface area contributed by atoms with Crippen molar-refractivity contribution in [1.29, 1.82) is 0 Å². The number of amides is 1. The molecule has 25 heavy (non-hydrogen) atoms. The average molecular weight is 418 g/mol. The Kier molecular flexibility index (Phi) is 5.40. The second kappa shape index (κ2) is 7.71. The lowest BCUT2D eigenvalue weighted by molar-refractivity contribution is -0.113. The van der Waals surface area contributed by atoms with Crippen molar-refractivity contribution in [2.45, 2.75) is 12.1 Å². The van der Waals surface area contributed by atoms with Gasteiger partial charge in [0.15, 0.2) is 5.82 Å². The van der Waals surface area contributed by atoms with Crippen LogP contribution in [-0.4, -0.2) is 26.5 Å². The van der Waals surface area contributed by atoms with E-state index in [1.807, 2.05) is 55.5 Å². The lowest BCUT2D eigenvalue weighted by Crippen LogP contribution is -2.16. The van der Waals surface area contributed by atoms with Crippen molar-refractivity contribution in [3.05, 3.63) is 58.6 Å². The summed E-state index contributed by atoms with van der Waals surface area (Å²) in [5.74, 6) is 6.65. The maximum atomic E-state index is 12.2. The van der Waals surface area contributed by atoms with Crippen molar-refractivity contribution in [3.8, 4) is 11.4 Å². The predicted molar refractivity (Wildman–Crippen MR) is 104 cm³/mol. The van der Waals surface area contributed by atoms with E-state index in [2.05, 4.69) is 31.4 Å². The number of rotatable bonds is 5. The molecule has 6 nitrogen and oxygen atoms in total. The number of hydrogen-bond donors (Lipinski definition) is 2. The molecule has 3 N–H and O–H groups in total. The molecule has 8 heteroatoms. The molecule has 0 bridgehead atoms. The summed E-state index contributed by atoms with van der Waals surface area (Å²) in [6.45, 7) is 1.99. The van der Waals surface area contributed by atoms with Gasteiger partial charge in [0.25, 0.3) is 0 Å². The lowest BCUT2D eigenvalue weighted by Gasteiger charge is -2.08. The van der Waals surface area contributed by atoms with Crippen LogP contribution in [0.3, 0.4) is 0 Å². The zero-order valence-corrected chi connectivity index (χ0v) is 15.8. The molecule has 128 valence electrons. The van der Waals surface area contributed by atoms with E-state index in [4.69, 9.17) is 5.84 Å². The van der Waals surface area contributed by atoms with Crippen LogP contribution in [0.1, 0.15) is 5.56 Å². The van der Waals surface area contributed by atoms with Gasteiger partial charge in [0.1, 0.15) is 0 Å². The number of aromatic nitrogens is 3. The van der Waals surface area contributed by atoms with Gasteiger partial charge in [-0.05, 0) is 40.5 Å². The van der Waals surface area contributed by atoms with Gasteiger partial charge in [0, 0.05) is 10.0 Å². The second-order valence-corrected chi connectivity index (χ2v) is 7.16. The Morgan fingerprint density at radius 3 is 2.72 bits per heavy atom. The minimum absolute atomic E-state index is 0.140. The van der Waals surface area contributed by atoms with E-state index >= 15 is 0 Å². The molecule has 1 aromatic heterocycles. The predicted octanol–water partition coefficient (Wildman–Crippen LogP) is 3.46. The molecular weight excluding hydrogens is 402 g/mol. The Balaban J connectivity index is 1.64. The minimum atomic E-state index is -0.140. The molecule has 0 radical (unpaired) electrons. The van der Waals surface area contributed by atoms with Gasteiger partial charge in [-0.15, -0.1) is 10.2 Å². The van der Waals surface area contributed by atoms with Crippen LogP contribution in [0.4, 0.5) is 5.69 Å². The molecule has 0 aliphatic heterocycles. The molecular formula is C17H16BrN5OS. The highest BCUT2D eigenvalue weighted by atomic mass is 79.9. The number of nitrogen functional groups attached to an aromatic ring is 1. The summed E-state index contributed by atoms with van der Waals surface area (Å²) in [5, 5.41) is 11.5. The molecule has 2 aromatic carbocycles. The number of nitrogens with zero attached hydrogens (tertiary/aromatic N) is 3. The molecule has 0 aliphatic carbocycles. The highest BCUT2D eigenvalue weighted by molar-refractivity contribution is 9.10. The molecule has 1 heterocycles. The molecule has 3 rings (SSSR count). The number of halogens is 1. The largest absolute Gasteiger partial charge is 0.335 e. The van der Waals surface area contributed by atoms with Crippen molar-refractivity contribution in [2.24, 2.45) is 0 Å². The van der Waals surface area contributed by atoms with Gasteiger partial charge in [-0.3, -0.25) is 4.79 Å². The van der Waals surface area contributed by atoms with Gasteiger partial charge < -0.3 is 11.2 Å². The van der Waals surface area contributed by atoms with Crippen molar-refractivity contribution in [2.75, 3.05) is 16.9 Å². The maximum Gasteiger partial charge on any atom is 0.234 e. The van der Waals surface area contributed by atoms with E-state index in [0.717, 1.165) is 21.3 Å². The van der Waals surface area contributed by atoms with Crippen LogP contribution in [0.5, 0.6) is 0 Å². The summed E-state index contributed by atoms with van der Waals surface area (Å²) in [6.07, 6.45) is 0. The molecule has 1 amide bonds. The molecule has 0 atom stereocenters. The average Bonchev–Trinajstić information content (AvgIpc) is 2.97. The molecule has 0 spiro atoms. The number of carbonyl (C=O) groups excluding carboxylic acids is 1. The minimum Gasteiger partial charge on any atom is -0.335 e. The number of anilines is 1. The second-order valence-electron chi connectivity index (χ2n) is 5.36. The summed E-state index contributed by atoms with van der Waals surface area (Å²) in [7, 11) is 0. The highest BCUT2D eigenvalue weighted by Crippen LogP contribution is 2.25. The Bertz CT molecular complexity index is 897. The number of benzene rings is 2. The van der Waals surface area contributed by atoms with Crippen molar-refractivity contribution in [1.82, 2.24) is 14.9 Å². The van der Waals surface area contributed by atoms with Crippen molar-refractivity contribution >= 4 is 39.3 Å². The summed E-state index contributed by atoms with van der Waals surface area (Å²) in [4.78, 5) is 12.2. The normalized spacial score (nSPS) is 10.6.